The van der Waals surface area contributed by atoms with Crippen LogP contribution >= 0.6 is 11.6 Å². The SMILES string of the molecule is C=CCC[C@H]1CC[C@H]([C@H]2CC[C@H](c3ccc(C#Cc4ccc(Cl)c(F)c4)cc3)CC2)CC1. The standard InChI is InChI=1S/C30H34ClF/c1-2-3-4-22-7-12-25(13-8-22)27-16-18-28(19-17-27)26-14-9-23(10-15-26)5-6-24-11-20-29(31)30(32)21-24/h2,9-11,14-15,20-22,25,27-28H,1,3-4,7-8,12-13,16-19H2/t22-,25-,27-,28-. The largest absolute Gasteiger partial charge is 0.205 e. The predicted molar refractivity (Wildman–Crippen MR) is 133 cm³/mol. The van der Waals surface area contributed by atoms with Gasteiger partial charge in [0.05, 0.1) is 5.02 Å². The molecule has 0 amide bonds. The number of hydrogen-bond acceptors (Lipinski definition) is 0. The van der Waals surface area contributed by atoms with Crippen molar-refractivity contribution in [2.45, 2.75) is 70.1 Å². The molecule has 0 atom stereocenters. The molecule has 32 heavy (non-hydrogen) atoms. The molecule has 0 N–H and O–H groups in total. The van der Waals surface area contributed by atoms with Crippen molar-refractivity contribution in [1.82, 2.24) is 0 Å². The summed E-state index contributed by atoms with van der Waals surface area (Å²) in [7, 11) is 0. The Hall–Kier alpha value is -2.04. The highest BCUT2D eigenvalue weighted by Gasteiger charge is 2.31. The highest BCUT2D eigenvalue weighted by molar-refractivity contribution is 6.30. The van der Waals surface area contributed by atoms with E-state index in [-0.39, 0.29) is 5.02 Å². The Balaban J connectivity index is 1.27. The maximum Gasteiger partial charge on any atom is 0.143 e. The third-order valence-electron chi connectivity index (χ3n) is 7.76. The van der Waals surface area contributed by atoms with Crippen molar-refractivity contribution in [3.8, 4) is 11.8 Å². The fraction of sp³-hybridized carbons (Fsp3) is 0.467. The Kier molecular flexibility index (Phi) is 8.10. The van der Waals surface area contributed by atoms with Crippen LogP contribution in [0.4, 0.5) is 4.39 Å². The summed E-state index contributed by atoms with van der Waals surface area (Å²) < 4.78 is 13.6. The molecule has 0 radical (unpaired) electrons. The summed E-state index contributed by atoms with van der Waals surface area (Å²) in [5.74, 6) is 9.28. The quantitative estimate of drug-likeness (QED) is 0.316. The zero-order chi connectivity index (χ0) is 22.3. The zero-order valence-electron chi connectivity index (χ0n) is 19.0. The van der Waals surface area contributed by atoms with Gasteiger partial charge in [0.25, 0.3) is 0 Å². The molecule has 0 nitrogen and oxygen atoms in total. The van der Waals surface area contributed by atoms with Crippen LogP contribution in [0, 0.1) is 35.4 Å². The van der Waals surface area contributed by atoms with Gasteiger partial charge in [-0.1, -0.05) is 54.5 Å². The average Bonchev–Trinajstić information content (AvgIpc) is 2.84. The van der Waals surface area contributed by atoms with Gasteiger partial charge in [0.2, 0.25) is 0 Å². The molecule has 0 unspecified atom stereocenters. The van der Waals surface area contributed by atoms with Gasteiger partial charge in [0.1, 0.15) is 5.82 Å². The van der Waals surface area contributed by atoms with E-state index in [1.54, 1.807) is 12.1 Å². The third kappa shape index (κ3) is 6.05. The first kappa shape index (κ1) is 23.1. The Morgan fingerprint density at radius 2 is 1.44 bits per heavy atom. The minimum atomic E-state index is -0.426. The molecule has 0 saturated heterocycles. The van der Waals surface area contributed by atoms with E-state index in [1.807, 2.05) is 0 Å². The minimum Gasteiger partial charge on any atom is -0.205 e. The van der Waals surface area contributed by atoms with Crippen molar-refractivity contribution < 1.29 is 4.39 Å². The number of hydrogen-bond donors (Lipinski definition) is 0. The first-order valence-corrected chi connectivity index (χ1v) is 12.7. The normalized spacial score (nSPS) is 25.6. The van der Waals surface area contributed by atoms with E-state index in [9.17, 15) is 4.39 Å². The van der Waals surface area contributed by atoms with Crippen LogP contribution in [0.3, 0.4) is 0 Å². The summed E-state index contributed by atoms with van der Waals surface area (Å²) in [6, 6.07) is 13.4. The molecule has 0 heterocycles. The number of rotatable bonds is 5. The lowest BCUT2D eigenvalue weighted by molar-refractivity contribution is 0.157. The van der Waals surface area contributed by atoms with Crippen molar-refractivity contribution in [2.75, 3.05) is 0 Å². The molecule has 2 saturated carbocycles. The van der Waals surface area contributed by atoms with Gasteiger partial charge in [0.15, 0.2) is 0 Å². The summed E-state index contributed by atoms with van der Waals surface area (Å²) in [5, 5.41) is 0.130. The maximum absolute atomic E-state index is 13.6. The van der Waals surface area contributed by atoms with E-state index >= 15 is 0 Å². The first-order chi connectivity index (χ1) is 15.6. The van der Waals surface area contributed by atoms with E-state index in [4.69, 9.17) is 11.6 Å². The minimum absolute atomic E-state index is 0.130. The van der Waals surface area contributed by atoms with E-state index in [0.717, 1.165) is 23.3 Å². The Morgan fingerprint density at radius 3 is 2.06 bits per heavy atom. The molecule has 0 aromatic heterocycles. The predicted octanol–water partition coefficient (Wildman–Crippen LogP) is 8.93. The van der Waals surface area contributed by atoms with Crippen LogP contribution in [-0.4, -0.2) is 0 Å². The molecule has 2 aromatic carbocycles. The second-order valence-electron chi connectivity index (χ2n) is 9.76. The second-order valence-corrected chi connectivity index (χ2v) is 10.2. The molecular weight excluding hydrogens is 415 g/mol. The van der Waals surface area contributed by atoms with E-state index in [2.05, 4.69) is 48.8 Å². The highest BCUT2D eigenvalue weighted by atomic mass is 35.5. The van der Waals surface area contributed by atoms with Gasteiger partial charge in [-0.05, 0) is 111 Å². The van der Waals surface area contributed by atoms with E-state index in [0.29, 0.717) is 11.5 Å². The second kappa shape index (κ2) is 11.2. The average molecular weight is 449 g/mol. The zero-order valence-corrected chi connectivity index (χ0v) is 19.7. The van der Waals surface area contributed by atoms with Crippen LogP contribution in [0.2, 0.25) is 5.02 Å². The lowest BCUT2D eigenvalue weighted by Crippen LogP contribution is -2.25. The van der Waals surface area contributed by atoms with Gasteiger partial charge in [-0.3, -0.25) is 0 Å². The van der Waals surface area contributed by atoms with Crippen LogP contribution < -0.4 is 0 Å². The van der Waals surface area contributed by atoms with Crippen LogP contribution in [0.5, 0.6) is 0 Å². The third-order valence-corrected chi connectivity index (χ3v) is 8.07. The Bertz CT molecular complexity index is 949. The Labute approximate surface area is 198 Å². The van der Waals surface area contributed by atoms with E-state index < -0.39 is 5.82 Å². The van der Waals surface area contributed by atoms with Crippen molar-refractivity contribution in [3.05, 3.63) is 82.6 Å². The molecule has 2 aliphatic rings. The lowest BCUT2D eigenvalue weighted by atomic mass is 9.68. The summed E-state index contributed by atoms with van der Waals surface area (Å²) >= 11 is 5.74. The van der Waals surface area contributed by atoms with Gasteiger partial charge in [-0.15, -0.1) is 6.58 Å². The van der Waals surface area contributed by atoms with Gasteiger partial charge in [-0.2, -0.15) is 0 Å². The van der Waals surface area contributed by atoms with Crippen molar-refractivity contribution in [2.24, 2.45) is 17.8 Å². The smallest absolute Gasteiger partial charge is 0.143 e. The lowest BCUT2D eigenvalue weighted by Gasteiger charge is -2.38. The highest BCUT2D eigenvalue weighted by Crippen LogP contribution is 2.44. The van der Waals surface area contributed by atoms with Gasteiger partial charge >= 0.3 is 0 Å². The van der Waals surface area contributed by atoms with Crippen molar-refractivity contribution >= 4 is 11.6 Å². The molecule has 2 aliphatic carbocycles. The molecule has 0 aliphatic heterocycles. The first-order valence-electron chi connectivity index (χ1n) is 12.3. The van der Waals surface area contributed by atoms with Gasteiger partial charge in [-0.25, -0.2) is 4.39 Å². The maximum atomic E-state index is 13.6. The van der Waals surface area contributed by atoms with E-state index in [1.165, 1.54) is 75.8 Å². The number of halogens is 2. The van der Waals surface area contributed by atoms with Crippen molar-refractivity contribution in [3.63, 3.8) is 0 Å². The number of benzene rings is 2. The van der Waals surface area contributed by atoms with Crippen LogP contribution in [-0.2, 0) is 0 Å². The fourth-order valence-corrected chi connectivity index (χ4v) is 5.90. The summed E-state index contributed by atoms with van der Waals surface area (Å²) in [5.41, 5.74) is 3.05. The summed E-state index contributed by atoms with van der Waals surface area (Å²) in [6.45, 7) is 3.87. The molecule has 2 heteroatoms. The monoisotopic (exact) mass is 448 g/mol. The molecular formula is C30H34ClF. The molecule has 2 fully saturated rings. The summed E-state index contributed by atoms with van der Waals surface area (Å²) in [4.78, 5) is 0. The topological polar surface area (TPSA) is 0 Å². The van der Waals surface area contributed by atoms with Gasteiger partial charge < -0.3 is 0 Å². The van der Waals surface area contributed by atoms with Crippen LogP contribution in [0.15, 0.2) is 55.1 Å². The molecule has 4 rings (SSSR count). The molecule has 0 spiro atoms. The summed E-state index contributed by atoms with van der Waals surface area (Å²) in [6.07, 6.45) is 15.8. The molecule has 168 valence electrons. The number of allylic oxidation sites excluding steroid dienone is 1. The van der Waals surface area contributed by atoms with Crippen LogP contribution in [0.1, 0.15) is 86.8 Å². The Morgan fingerprint density at radius 1 is 0.844 bits per heavy atom. The molecule has 2 aromatic rings. The van der Waals surface area contributed by atoms with Crippen molar-refractivity contribution in [1.29, 1.82) is 0 Å². The van der Waals surface area contributed by atoms with Crippen LogP contribution in [0.25, 0.3) is 0 Å². The fourth-order valence-electron chi connectivity index (χ4n) is 5.78. The molecule has 0 bridgehead atoms. The van der Waals surface area contributed by atoms with Gasteiger partial charge in [0, 0.05) is 11.1 Å².